The van der Waals surface area contributed by atoms with E-state index in [0.29, 0.717) is 49.7 Å². The predicted octanol–water partition coefficient (Wildman–Crippen LogP) is 1.19. The van der Waals surface area contributed by atoms with E-state index >= 15 is 0 Å². The Morgan fingerprint density at radius 3 is 2.59 bits per heavy atom. The summed E-state index contributed by atoms with van der Waals surface area (Å²) in [6, 6.07) is 4.52. The normalized spacial score (nSPS) is 15.7. The standard InChI is InChI=1S/C18H27N3O6/c1-25-10-16(23)21-14-9-13(3-4-15(14)26-2)20-17(24)19-11-18(12-22)5-7-27-8-6-18/h3-4,9,22H,5-8,10-12H2,1-2H3,(H,21,23)(H2,19,20,24). The van der Waals surface area contributed by atoms with E-state index in [1.54, 1.807) is 18.2 Å². The lowest BCUT2D eigenvalue weighted by Gasteiger charge is -2.35. The summed E-state index contributed by atoms with van der Waals surface area (Å²) in [5, 5.41) is 17.9. The summed E-state index contributed by atoms with van der Waals surface area (Å²) in [6.07, 6.45) is 1.39. The number of urea groups is 1. The number of carbonyl (C=O) groups is 2. The quantitative estimate of drug-likeness (QED) is 0.537. The van der Waals surface area contributed by atoms with Gasteiger partial charge in [0.05, 0.1) is 19.4 Å². The van der Waals surface area contributed by atoms with Gasteiger partial charge in [0.1, 0.15) is 12.4 Å². The first kappa shape index (κ1) is 20.9. The van der Waals surface area contributed by atoms with Crippen molar-refractivity contribution in [1.29, 1.82) is 0 Å². The molecular formula is C18H27N3O6. The van der Waals surface area contributed by atoms with Crippen molar-refractivity contribution in [3.8, 4) is 5.75 Å². The molecule has 1 aromatic carbocycles. The Morgan fingerprint density at radius 2 is 1.96 bits per heavy atom. The third-order valence-electron chi connectivity index (χ3n) is 4.52. The first-order valence-corrected chi connectivity index (χ1v) is 8.72. The summed E-state index contributed by atoms with van der Waals surface area (Å²) in [7, 11) is 2.92. The molecule has 0 unspecified atom stereocenters. The van der Waals surface area contributed by atoms with Crippen LogP contribution < -0.4 is 20.7 Å². The van der Waals surface area contributed by atoms with E-state index in [2.05, 4.69) is 16.0 Å². The molecule has 3 amide bonds. The van der Waals surface area contributed by atoms with E-state index in [-0.39, 0.29) is 24.5 Å². The molecule has 0 bridgehead atoms. The number of rotatable bonds is 8. The second-order valence-electron chi connectivity index (χ2n) is 6.47. The average molecular weight is 381 g/mol. The maximum Gasteiger partial charge on any atom is 0.319 e. The van der Waals surface area contributed by atoms with E-state index < -0.39 is 6.03 Å². The van der Waals surface area contributed by atoms with Gasteiger partial charge in [0.15, 0.2) is 0 Å². The summed E-state index contributed by atoms with van der Waals surface area (Å²) in [5.74, 6) is 0.133. The van der Waals surface area contributed by atoms with Crippen LogP contribution in [0.1, 0.15) is 12.8 Å². The molecule has 150 valence electrons. The highest BCUT2D eigenvalue weighted by atomic mass is 16.5. The number of methoxy groups -OCH3 is 2. The number of anilines is 2. The summed E-state index contributed by atoms with van der Waals surface area (Å²) in [4.78, 5) is 24.0. The first-order valence-electron chi connectivity index (χ1n) is 8.72. The molecule has 0 aromatic heterocycles. The van der Waals surface area contributed by atoms with Gasteiger partial charge in [-0.15, -0.1) is 0 Å². The van der Waals surface area contributed by atoms with Gasteiger partial charge >= 0.3 is 6.03 Å². The van der Waals surface area contributed by atoms with Crippen LogP contribution in [0.3, 0.4) is 0 Å². The van der Waals surface area contributed by atoms with Crippen molar-refractivity contribution in [1.82, 2.24) is 5.32 Å². The van der Waals surface area contributed by atoms with Gasteiger partial charge < -0.3 is 35.3 Å². The van der Waals surface area contributed by atoms with Crippen molar-refractivity contribution in [3.63, 3.8) is 0 Å². The van der Waals surface area contributed by atoms with E-state index in [1.165, 1.54) is 14.2 Å². The maximum absolute atomic E-state index is 12.2. The number of aliphatic hydroxyl groups is 1. The Morgan fingerprint density at radius 1 is 1.22 bits per heavy atom. The number of amides is 3. The van der Waals surface area contributed by atoms with E-state index in [1.807, 2.05) is 0 Å². The molecule has 0 saturated carbocycles. The lowest BCUT2D eigenvalue weighted by molar-refractivity contribution is -0.119. The minimum atomic E-state index is -0.395. The number of aliphatic hydroxyl groups excluding tert-OH is 1. The highest BCUT2D eigenvalue weighted by Crippen LogP contribution is 2.30. The fourth-order valence-corrected chi connectivity index (χ4v) is 2.84. The molecule has 0 radical (unpaired) electrons. The molecule has 0 spiro atoms. The molecule has 2 rings (SSSR count). The Bertz CT molecular complexity index is 646. The molecule has 1 aromatic rings. The van der Waals surface area contributed by atoms with Crippen molar-refractivity contribution in [2.45, 2.75) is 12.8 Å². The van der Waals surface area contributed by atoms with Crippen LogP contribution in [-0.2, 0) is 14.3 Å². The van der Waals surface area contributed by atoms with Crippen molar-refractivity contribution in [2.75, 3.05) is 57.8 Å². The van der Waals surface area contributed by atoms with Gasteiger partial charge in [-0.05, 0) is 31.0 Å². The highest BCUT2D eigenvalue weighted by Gasteiger charge is 2.32. The lowest BCUT2D eigenvalue weighted by atomic mass is 9.81. The minimum Gasteiger partial charge on any atom is -0.495 e. The largest absolute Gasteiger partial charge is 0.495 e. The van der Waals surface area contributed by atoms with Crippen LogP contribution in [0.15, 0.2) is 18.2 Å². The Balaban J connectivity index is 1.97. The number of hydrogen-bond donors (Lipinski definition) is 4. The number of benzene rings is 1. The van der Waals surface area contributed by atoms with Gasteiger partial charge in [0.25, 0.3) is 0 Å². The smallest absolute Gasteiger partial charge is 0.319 e. The molecular weight excluding hydrogens is 354 g/mol. The predicted molar refractivity (Wildman–Crippen MR) is 100 cm³/mol. The van der Waals surface area contributed by atoms with Gasteiger partial charge in [-0.3, -0.25) is 4.79 Å². The fraction of sp³-hybridized carbons (Fsp3) is 0.556. The molecule has 1 saturated heterocycles. The third-order valence-corrected chi connectivity index (χ3v) is 4.52. The van der Waals surface area contributed by atoms with Crippen molar-refractivity contribution < 1.29 is 28.9 Å². The van der Waals surface area contributed by atoms with Gasteiger partial charge in [-0.2, -0.15) is 0 Å². The van der Waals surface area contributed by atoms with Crippen LogP contribution in [0.2, 0.25) is 0 Å². The molecule has 27 heavy (non-hydrogen) atoms. The highest BCUT2D eigenvalue weighted by molar-refractivity contribution is 5.95. The van der Waals surface area contributed by atoms with Crippen LogP contribution in [0.4, 0.5) is 16.2 Å². The lowest BCUT2D eigenvalue weighted by Crippen LogP contribution is -2.44. The Hall–Kier alpha value is -2.36. The average Bonchev–Trinajstić information content (AvgIpc) is 2.67. The van der Waals surface area contributed by atoms with Gasteiger partial charge in [0.2, 0.25) is 5.91 Å². The van der Waals surface area contributed by atoms with Crippen molar-refractivity contribution in [2.24, 2.45) is 5.41 Å². The Kier molecular flexibility index (Phi) is 7.83. The topological polar surface area (TPSA) is 118 Å². The maximum atomic E-state index is 12.2. The fourth-order valence-electron chi connectivity index (χ4n) is 2.84. The van der Waals surface area contributed by atoms with Crippen LogP contribution in [0.25, 0.3) is 0 Å². The van der Waals surface area contributed by atoms with Crippen LogP contribution >= 0.6 is 0 Å². The van der Waals surface area contributed by atoms with Gasteiger partial charge in [0, 0.05) is 38.0 Å². The number of nitrogens with one attached hydrogen (secondary N) is 3. The van der Waals surface area contributed by atoms with E-state index in [0.717, 1.165) is 0 Å². The minimum absolute atomic E-state index is 0.00510. The summed E-state index contributed by atoms with van der Waals surface area (Å²) < 4.78 is 15.3. The van der Waals surface area contributed by atoms with Crippen LogP contribution in [0.5, 0.6) is 5.75 Å². The second-order valence-corrected chi connectivity index (χ2v) is 6.47. The van der Waals surface area contributed by atoms with Crippen LogP contribution in [0, 0.1) is 5.41 Å². The zero-order valence-electron chi connectivity index (χ0n) is 15.7. The van der Waals surface area contributed by atoms with Crippen molar-refractivity contribution >= 4 is 23.3 Å². The van der Waals surface area contributed by atoms with Crippen molar-refractivity contribution in [3.05, 3.63) is 18.2 Å². The molecule has 1 aliphatic heterocycles. The molecule has 9 nitrogen and oxygen atoms in total. The van der Waals surface area contributed by atoms with E-state index in [4.69, 9.17) is 14.2 Å². The van der Waals surface area contributed by atoms with Gasteiger partial charge in [-0.1, -0.05) is 0 Å². The molecule has 0 atom stereocenters. The number of carbonyl (C=O) groups excluding carboxylic acids is 2. The molecule has 0 aliphatic carbocycles. The molecule has 9 heteroatoms. The zero-order chi connectivity index (χ0) is 19.7. The zero-order valence-corrected chi connectivity index (χ0v) is 15.7. The monoisotopic (exact) mass is 381 g/mol. The van der Waals surface area contributed by atoms with Crippen LogP contribution in [-0.4, -0.2) is 64.2 Å². The third kappa shape index (κ3) is 6.09. The Labute approximate surface area is 158 Å². The number of ether oxygens (including phenoxy) is 3. The molecule has 1 heterocycles. The summed E-state index contributed by atoms with van der Waals surface area (Å²) in [6.45, 7) is 1.41. The molecule has 1 aliphatic rings. The molecule has 4 N–H and O–H groups in total. The van der Waals surface area contributed by atoms with Gasteiger partial charge in [-0.25, -0.2) is 4.79 Å². The number of hydrogen-bond acceptors (Lipinski definition) is 6. The second kappa shape index (κ2) is 10.1. The SMILES string of the molecule is COCC(=O)Nc1cc(NC(=O)NCC2(CO)CCOCC2)ccc1OC. The van der Waals surface area contributed by atoms with E-state index in [9.17, 15) is 14.7 Å². The molecule has 1 fully saturated rings. The summed E-state index contributed by atoms with van der Waals surface area (Å²) >= 11 is 0. The summed E-state index contributed by atoms with van der Waals surface area (Å²) in [5.41, 5.74) is 0.564. The first-order chi connectivity index (χ1) is 13.0.